The van der Waals surface area contributed by atoms with Crippen molar-refractivity contribution in [2.75, 3.05) is 0 Å². The van der Waals surface area contributed by atoms with Crippen molar-refractivity contribution in [1.29, 1.82) is 0 Å². The first-order valence-electron chi connectivity index (χ1n) is 11.6. The predicted octanol–water partition coefficient (Wildman–Crippen LogP) is 3.27. The monoisotopic (exact) mass is 608 g/mol. The summed E-state index contributed by atoms with van der Waals surface area (Å²) in [6.07, 6.45) is 0. The third-order valence-electron chi connectivity index (χ3n) is 6.14. The van der Waals surface area contributed by atoms with E-state index in [0.29, 0.717) is 0 Å². The van der Waals surface area contributed by atoms with Crippen molar-refractivity contribution in [1.82, 2.24) is 0 Å². The molecule has 224 valence electrons. The van der Waals surface area contributed by atoms with E-state index >= 15 is 0 Å². The molecule has 0 fully saturated rings. The van der Waals surface area contributed by atoms with Crippen molar-refractivity contribution in [3.63, 3.8) is 0 Å². The molecule has 0 bridgehead atoms. The van der Waals surface area contributed by atoms with E-state index in [1.54, 1.807) is 0 Å². The van der Waals surface area contributed by atoms with Crippen molar-refractivity contribution in [2.45, 2.75) is 0 Å². The zero-order valence-electron chi connectivity index (χ0n) is 21.5. The van der Waals surface area contributed by atoms with Gasteiger partial charge in [0.2, 0.25) is 0 Å². The summed E-state index contributed by atoms with van der Waals surface area (Å²) in [7, 11) is 0. The Bertz CT molecular complexity index is 1990. The molecule has 0 aliphatic rings. The quantitative estimate of drug-likeness (QED) is 0.142. The van der Waals surface area contributed by atoms with Crippen LogP contribution >= 0.6 is 0 Å². The summed E-state index contributed by atoms with van der Waals surface area (Å²) in [6.45, 7) is 0. The molecule has 0 aliphatic heterocycles. The van der Waals surface area contributed by atoms with Gasteiger partial charge in [0.25, 0.3) is 0 Å². The minimum atomic E-state index is -1.66. The maximum absolute atomic E-state index is 11.4. The van der Waals surface area contributed by atoms with Crippen molar-refractivity contribution in [2.24, 2.45) is 0 Å². The number of fused-ring (bicyclic) bond motifs is 2. The van der Waals surface area contributed by atoms with Gasteiger partial charge >= 0.3 is 47.8 Å². The largest absolute Gasteiger partial charge is 0.478 e. The summed E-state index contributed by atoms with van der Waals surface area (Å²) in [5, 5.41) is 71.9. The second-order valence-electron chi connectivity index (χ2n) is 8.62. The molecule has 0 amide bonds. The lowest BCUT2D eigenvalue weighted by molar-refractivity contribution is 0.0652. The molecule has 0 unspecified atom stereocenters. The van der Waals surface area contributed by atoms with Crippen LogP contribution in [0.15, 0.2) is 48.5 Å². The molecular formula is C28H16O16. The molecule has 0 aliphatic carbocycles. The lowest BCUT2D eigenvalue weighted by atomic mass is 9.92. The Morgan fingerprint density at radius 3 is 1.14 bits per heavy atom. The summed E-state index contributed by atoms with van der Waals surface area (Å²) < 4.78 is 0. The second-order valence-corrected chi connectivity index (χ2v) is 8.62. The van der Waals surface area contributed by atoms with Crippen LogP contribution in [0.2, 0.25) is 0 Å². The van der Waals surface area contributed by atoms with E-state index in [1.165, 1.54) is 0 Å². The van der Waals surface area contributed by atoms with Gasteiger partial charge in [0.05, 0.1) is 44.5 Å². The van der Waals surface area contributed by atoms with Crippen LogP contribution in [0.25, 0.3) is 21.5 Å². The molecule has 0 atom stereocenters. The van der Waals surface area contributed by atoms with Gasteiger partial charge in [-0.1, -0.05) is 6.07 Å². The van der Waals surface area contributed by atoms with Crippen LogP contribution in [0.5, 0.6) is 0 Å². The van der Waals surface area contributed by atoms with E-state index in [-0.39, 0.29) is 27.3 Å². The summed E-state index contributed by atoms with van der Waals surface area (Å²) in [5.74, 6) is -12.0. The van der Waals surface area contributed by atoms with E-state index < -0.39 is 86.5 Å². The first-order chi connectivity index (χ1) is 20.5. The molecule has 0 spiro atoms. The molecule has 4 rings (SSSR count). The topological polar surface area (TPSA) is 298 Å². The normalized spacial score (nSPS) is 10.4. The second kappa shape index (κ2) is 12.0. The Labute approximate surface area is 241 Å². The fourth-order valence-corrected chi connectivity index (χ4v) is 4.35. The smallest absolute Gasteiger partial charge is 0.337 e. The Morgan fingerprint density at radius 2 is 0.727 bits per heavy atom. The third-order valence-corrected chi connectivity index (χ3v) is 6.14. The maximum atomic E-state index is 11.4. The molecule has 4 aromatic carbocycles. The van der Waals surface area contributed by atoms with Crippen LogP contribution in [-0.2, 0) is 0 Å². The number of benzene rings is 4. The number of hydrogen-bond donors (Lipinski definition) is 8. The molecule has 0 saturated carbocycles. The molecule has 0 aromatic heterocycles. The molecule has 0 radical (unpaired) electrons. The van der Waals surface area contributed by atoms with E-state index in [2.05, 4.69) is 0 Å². The molecule has 0 heterocycles. The predicted molar refractivity (Wildman–Crippen MR) is 144 cm³/mol. The van der Waals surface area contributed by atoms with Crippen molar-refractivity contribution in [3.05, 3.63) is 93.0 Å². The Balaban J connectivity index is 0.000000240. The molecular weight excluding hydrogens is 592 g/mol. The van der Waals surface area contributed by atoms with E-state index in [4.69, 9.17) is 30.6 Å². The van der Waals surface area contributed by atoms with E-state index in [0.717, 1.165) is 48.5 Å². The summed E-state index contributed by atoms with van der Waals surface area (Å²) in [6, 6.07) is 7.69. The maximum Gasteiger partial charge on any atom is 0.337 e. The van der Waals surface area contributed by atoms with E-state index in [1.807, 2.05) is 0 Å². The average Bonchev–Trinajstić information content (AvgIpc) is 2.94. The first-order valence-corrected chi connectivity index (χ1v) is 11.6. The van der Waals surface area contributed by atoms with Crippen molar-refractivity contribution in [3.8, 4) is 0 Å². The van der Waals surface area contributed by atoms with Gasteiger partial charge in [-0.2, -0.15) is 0 Å². The zero-order valence-corrected chi connectivity index (χ0v) is 21.5. The number of rotatable bonds is 8. The molecule has 0 saturated heterocycles. The third kappa shape index (κ3) is 5.79. The van der Waals surface area contributed by atoms with Gasteiger partial charge < -0.3 is 40.9 Å². The Morgan fingerprint density at radius 1 is 0.341 bits per heavy atom. The highest BCUT2D eigenvalue weighted by molar-refractivity contribution is 6.21. The molecule has 4 aromatic rings. The molecule has 16 heteroatoms. The fraction of sp³-hybridized carbons (Fsp3) is 0. The van der Waals surface area contributed by atoms with Gasteiger partial charge in [-0.05, 0) is 53.2 Å². The van der Waals surface area contributed by atoms with Gasteiger partial charge in [0, 0.05) is 10.8 Å². The number of hydrogen-bond acceptors (Lipinski definition) is 8. The highest BCUT2D eigenvalue weighted by Crippen LogP contribution is 2.31. The number of carboxylic acids is 8. The molecule has 8 N–H and O–H groups in total. The average molecular weight is 608 g/mol. The van der Waals surface area contributed by atoms with Crippen molar-refractivity contribution < 1.29 is 79.2 Å². The van der Waals surface area contributed by atoms with Crippen LogP contribution in [0, 0.1) is 0 Å². The molecule has 44 heavy (non-hydrogen) atoms. The van der Waals surface area contributed by atoms with E-state index in [9.17, 15) is 48.6 Å². The van der Waals surface area contributed by atoms with Crippen LogP contribution in [-0.4, -0.2) is 88.6 Å². The summed E-state index contributed by atoms with van der Waals surface area (Å²) in [5.41, 5.74) is -4.03. The van der Waals surface area contributed by atoms with Gasteiger partial charge in [-0.25, -0.2) is 38.4 Å². The van der Waals surface area contributed by atoms with Gasteiger partial charge in [0.1, 0.15) is 0 Å². The summed E-state index contributed by atoms with van der Waals surface area (Å²) >= 11 is 0. The van der Waals surface area contributed by atoms with Crippen LogP contribution in [0.1, 0.15) is 82.9 Å². The fourth-order valence-electron chi connectivity index (χ4n) is 4.35. The highest BCUT2D eigenvalue weighted by Gasteiger charge is 2.26. The highest BCUT2D eigenvalue weighted by atomic mass is 16.4. The zero-order chi connectivity index (χ0) is 33.2. The first kappa shape index (κ1) is 31.7. The van der Waals surface area contributed by atoms with Gasteiger partial charge in [-0.15, -0.1) is 0 Å². The SMILES string of the molecule is O=C(O)c1cc(C(=O)O)c2c(C(=O)O)ccc(C(=O)O)c2c1.O=C(O)c1ccc2c(C(=O)O)ccc(C(=O)O)c2c1C(=O)O. The molecule has 16 nitrogen and oxygen atoms in total. The minimum absolute atomic E-state index is 0.158. The Hall–Kier alpha value is -6.84. The standard InChI is InChI=1S/2C14H8O8/c15-11(16)6-2-4-7(12(17)18)9-5(6)1-3-8(13(19)20)10(9)14(21)22;15-11(16)5-3-8-6(12(17)18)1-2-7(13(19)20)10(8)9(4-5)14(21)22/h2*1-4H,(H,15,16)(H,17,18)(H,19,20)(H,21,22). The van der Waals surface area contributed by atoms with Crippen molar-refractivity contribution >= 4 is 69.3 Å². The minimum Gasteiger partial charge on any atom is -0.478 e. The van der Waals surface area contributed by atoms with Crippen LogP contribution in [0.3, 0.4) is 0 Å². The number of carbonyl (C=O) groups is 8. The van der Waals surface area contributed by atoms with Gasteiger partial charge in [-0.3, -0.25) is 0 Å². The lowest BCUT2D eigenvalue weighted by Crippen LogP contribution is -2.12. The summed E-state index contributed by atoms with van der Waals surface area (Å²) in [4.78, 5) is 89.8. The Kier molecular flexibility index (Phi) is 8.61. The number of carboxylic acid groups (broad SMARTS) is 8. The van der Waals surface area contributed by atoms with Gasteiger partial charge in [0.15, 0.2) is 0 Å². The number of aromatic carboxylic acids is 8. The van der Waals surface area contributed by atoms with Crippen LogP contribution < -0.4 is 0 Å². The van der Waals surface area contributed by atoms with Crippen LogP contribution in [0.4, 0.5) is 0 Å². The lowest BCUT2D eigenvalue weighted by Gasteiger charge is -2.11.